The lowest BCUT2D eigenvalue weighted by atomic mass is 9.71. The second kappa shape index (κ2) is 12.0. The summed E-state index contributed by atoms with van der Waals surface area (Å²) in [6, 6.07) is 24.7. The maximum Gasteiger partial charge on any atom is 0.134 e. The van der Waals surface area contributed by atoms with Crippen LogP contribution in [0, 0.1) is 0 Å². The van der Waals surface area contributed by atoms with Crippen molar-refractivity contribution in [3.05, 3.63) is 95.1 Å². The van der Waals surface area contributed by atoms with E-state index in [2.05, 4.69) is 24.3 Å². The normalized spacial score (nSPS) is 14.0. The Labute approximate surface area is 260 Å². The summed E-state index contributed by atoms with van der Waals surface area (Å²) in [6.45, 7) is 16.2. The summed E-state index contributed by atoms with van der Waals surface area (Å²) < 4.78 is 37.5. The van der Waals surface area contributed by atoms with Gasteiger partial charge in [-0.15, -0.1) is 0 Å². The SMILES string of the molecule is CC(C)Oc1ccc2c(c1)Oc1cc(OC(C)C)ccc1C2C1c2ccc(OC(C)C)cc2Oc2cc(OC(C)C)ccc21. The second-order valence-electron chi connectivity index (χ2n) is 12.6. The van der Waals surface area contributed by atoms with E-state index in [1.54, 1.807) is 0 Å². The minimum atomic E-state index is -0.0786. The minimum absolute atomic E-state index is 0.0459. The van der Waals surface area contributed by atoms with E-state index in [1.165, 1.54) is 0 Å². The number of benzene rings is 4. The molecule has 0 unspecified atom stereocenters. The number of rotatable bonds is 9. The first-order chi connectivity index (χ1) is 21.0. The molecule has 6 rings (SSSR count). The van der Waals surface area contributed by atoms with Gasteiger partial charge in [0.05, 0.1) is 24.4 Å². The first kappa shape index (κ1) is 29.7. The predicted molar refractivity (Wildman–Crippen MR) is 173 cm³/mol. The van der Waals surface area contributed by atoms with Crippen LogP contribution in [0.3, 0.4) is 0 Å². The summed E-state index contributed by atoms with van der Waals surface area (Å²) >= 11 is 0. The summed E-state index contributed by atoms with van der Waals surface area (Å²) in [5.74, 6) is 6.03. The molecule has 2 aliphatic heterocycles. The third-order valence-corrected chi connectivity index (χ3v) is 7.54. The average molecular weight is 595 g/mol. The maximum absolute atomic E-state index is 6.61. The lowest BCUT2D eigenvalue weighted by molar-refractivity contribution is 0.239. The van der Waals surface area contributed by atoms with Crippen LogP contribution >= 0.6 is 0 Å². The summed E-state index contributed by atoms with van der Waals surface area (Å²) in [5, 5.41) is 0. The molecule has 0 atom stereocenters. The van der Waals surface area contributed by atoms with Crippen LogP contribution in [0.15, 0.2) is 72.8 Å². The number of fused-ring (bicyclic) bond motifs is 4. The van der Waals surface area contributed by atoms with E-state index >= 15 is 0 Å². The fourth-order valence-electron chi connectivity index (χ4n) is 6.11. The molecule has 0 aliphatic carbocycles. The van der Waals surface area contributed by atoms with Crippen molar-refractivity contribution in [3.8, 4) is 46.0 Å². The molecular weight excluding hydrogens is 552 g/mol. The van der Waals surface area contributed by atoms with Gasteiger partial charge < -0.3 is 28.4 Å². The average Bonchev–Trinajstić information content (AvgIpc) is 2.93. The molecule has 0 radical (unpaired) electrons. The Morgan fingerprint density at radius 2 is 0.614 bits per heavy atom. The Hall–Kier alpha value is -4.32. The topological polar surface area (TPSA) is 55.4 Å². The molecule has 2 heterocycles. The van der Waals surface area contributed by atoms with Crippen molar-refractivity contribution in [2.45, 2.75) is 91.6 Å². The lowest BCUT2D eigenvalue weighted by Gasteiger charge is -2.38. The molecule has 0 spiro atoms. The zero-order valence-electron chi connectivity index (χ0n) is 26.8. The molecule has 44 heavy (non-hydrogen) atoms. The van der Waals surface area contributed by atoms with Gasteiger partial charge in [-0.3, -0.25) is 0 Å². The van der Waals surface area contributed by atoms with Crippen molar-refractivity contribution < 1.29 is 28.4 Å². The van der Waals surface area contributed by atoms with Gasteiger partial charge in [0, 0.05) is 58.4 Å². The van der Waals surface area contributed by atoms with E-state index in [1.807, 2.05) is 104 Å². The molecule has 6 heteroatoms. The van der Waals surface area contributed by atoms with Crippen molar-refractivity contribution in [1.82, 2.24) is 0 Å². The number of hydrogen-bond donors (Lipinski definition) is 0. The molecule has 4 aromatic carbocycles. The molecule has 0 amide bonds. The van der Waals surface area contributed by atoms with Crippen LogP contribution in [0.2, 0.25) is 0 Å². The molecule has 2 aliphatic rings. The Morgan fingerprint density at radius 3 is 0.818 bits per heavy atom. The Balaban J connectivity index is 1.55. The predicted octanol–water partition coefficient (Wildman–Crippen LogP) is 10.0. The van der Waals surface area contributed by atoms with Crippen LogP contribution in [0.25, 0.3) is 0 Å². The zero-order chi connectivity index (χ0) is 31.1. The Kier molecular flexibility index (Phi) is 8.10. The molecule has 0 aromatic heterocycles. The van der Waals surface area contributed by atoms with Gasteiger partial charge in [-0.1, -0.05) is 24.3 Å². The largest absolute Gasteiger partial charge is 0.491 e. The van der Waals surface area contributed by atoms with Crippen molar-refractivity contribution >= 4 is 0 Å². The van der Waals surface area contributed by atoms with Gasteiger partial charge in [0.15, 0.2) is 0 Å². The quantitative estimate of drug-likeness (QED) is 0.192. The molecule has 0 saturated heterocycles. The van der Waals surface area contributed by atoms with Crippen molar-refractivity contribution in [3.63, 3.8) is 0 Å². The lowest BCUT2D eigenvalue weighted by Crippen LogP contribution is -2.22. The zero-order valence-corrected chi connectivity index (χ0v) is 26.8. The van der Waals surface area contributed by atoms with Crippen LogP contribution in [-0.2, 0) is 0 Å². The third-order valence-electron chi connectivity index (χ3n) is 7.54. The van der Waals surface area contributed by atoms with E-state index in [0.29, 0.717) is 0 Å². The van der Waals surface area contributed by atoms with E-state index in [-0.39, 0.29) is 36.3 Å². The van der Waals surface area contributed by atoms with Gasteiger partial charge >= 0.3 is 0 Å². The molecule has 4 aromatic rings. The Morgan fingerprint density at radius 1 is 0.386 bits per heavy atom. The van der Waals surface area contributed by atoms with Gasteiger partial charge in [-0.2, -0.15) is 0 Å². The van der Waals surface area contributed by atoms with Gasteiger partial charge in [0.25, 0.3) is 0 Å². The van der Waals surface area contributed by atoms with E-state index in [0.717, 1.165) is 68.2 Å². The molecule has 0 N–H and O–H groups in total. The monoisotopic (exact) mass is 594 g/mol. The maximum atomic E-state index is 6.61. The van der Waals surface area contributed by atoms with Crippen molar-refractivity contribution in [2.24, 2.45) is 0 Å². The smallest absolute Gasteiger partial charge is 0.134 e. The number of hydrogen-bond acceptors (Lipinski definition) is 6. The van der Waals surface area contributed by atoms with Crippen LogP contribution in [-0.4, -0.2) is 24.4 Å². The number of ether oxygens (including phenoxy) is 6. The minimum Gasteiger partial charge on any atom is -0.491 e. The van der Waals surface area contributed by atoms with Gasteiger partial charge in [0.1, 0.15) is 46.0 Å². The summed E-state index contributed by atoms with van der Waals surface area (Å²) in [6.07, 6.45) is 0.183. The van der Waals surface area contributed by atoms with Crippen LogP contribution in [0.5, 0.6) is 46.0 Å². The molecular formula is C38H42O6. The van der Waals surface area contributed by atoms with Gasteiger partial charge in [-0.05, 0) is 79.7 Å². The standard InChI is InChI=1S/C38H42O6/c1-21(2)39-25-9-13-29-33(17-25)43-34-18-26(40-22(3)4)10-14-30(34)37(29)38-31-15-11-27(41-23(5)6)19-35(31)44-36-20-28(42-24(7)8)12-16-32(36)38/h9-24,37-38H,1-8H3. The van der Waals surface area contributed by atoms with Gasteiger partial charge in [-0.25, -0.2) is 0 Å². The molecule has 0 bridgehead atoms. The fourth-order valence-corrected chi connectivity index (χ4v) is 6.11. The highest BCUT2D eigenvalue weighted by molar-refractivity contribution is 5.65. The van der Waals surface area contributed by atoms with Gasteiger partial charge in [0.2, 0.25) is 0 Å². The summed E-state index contributed by atoms with van der Waals surface area (Å²) in [5.41, 5.74) is 4.33. The molecule has 0 saturated carbocycles. The summed E-state index contributed by atoms with van der Waals surface area (Å²) in [4.78, 5) is 0. The third kappa shape index (κ3) is 6.03. The van der Waals surface area contributed by atoms with Crippen LogP contribution in [0.4, 0.5) is 0 Å². The highest BCUT2D eigenvalue weighted by Gasteiger charge is 2.40. The van der Waals surface area contributed by atoms with E-state index in [9.17, 15) is 0 Å². The molecule has 6 nitrogen and oxygen atoms in total. The fraction of sp³-hybridized carbons (Fsp3) is 0.368. The molecule has 230 valence electrons. The summed E-state index contributed by atoms with van der Waals surface area (Å²) in [7, 11) is 0. The first-order valence-electron chi connectivity index (χ1n) is 15.6. The van der Waals surface area contributed by atoms with Crippen molar-refractivity contribution in [2.75, 3.05) is 0 Å². The second-order valence-corrected chi connectivity index (χ2v) is 12.6. The van der Waals surface area contributed by atoms with Crippen LogP contribution < -0.4 is 28.4 Å². The highest BCUT2D eigenvalue weighted by Crippen LogP contribution is 2.58. The van der Waals surface area contributed by atoms with E-state index in [4.69, 9.17) is 28.4 Å². The highest BCUT2D eigenvalue weighted by atomic mass is 16.5. The van der Waals surface area contributed by atoms with Crippen molar-refractivity contribution in [1.29, 1.82) is 0 Å². The van der Waals surface area contributed by atoms with Crippen LogP contribution in [0.1, 0.15) is 89.5 Å². The molecule has 0 fully saturated rings. The van der Waals surface area contributed by atoms with E-state index < -0.39 is 0 Å². The Bertz CT molecular complexity index is 1410. The first-order valence-corrected chi connectivity index (χ1v) is 15.6.